The smallest absolute Gasteiger partial charge is 0.416 e. The highest BCUT2D eigenvalue weighted by atomic mass is 35.5. The lowest BCUT2D eigenvalue weighted by Gasteiger charge is -2.20. The number of aromatic nitrogens is 6. The number of hydrogen-bond acceptors (Lipinski definition) is 7. The molecular formula is C25H21ClF6N6O4. The van der Waals surface area contributed by atoms with E-state index >= 15 is 0 Å². The number of nitrogens with zero attached hydrogens (tertiary/aromatic N) is 6. The molecule has 4 aromatic rings. The summed E-state index contributed by atoms with van der Waals surface area (Å²) in [6.07, 6.45) is -11.6. The summed E-state index contributed by atoms with van der Waals surface area (Å²) >= 11 is 5.88. The number of aliphatic hydroxyl groups excluding tert-OH is 1. The quantitative estimate of drug-likeness (QED) is 0.222. The molecule has 1 unspecified atom stereocenters. The number of alkyl halides is 6. The average Bonchev–Trinajstić information content (AvgIpc) is 3.49. The highest BCUT2D eigenvalue weighted by Gasteiger charge is 2.40. The van der Waals surface area contributed by atoms with E-state index in [1.807, 2.05) is 0 Å². The minimum Gasteiger partial charge on any atom is -0.464 e. The van der Waals surface area contributed by atoms with Crippen molar-refractivity contribution in [2.75, 3.05) is 6.61 Å². The van der Waals surface area contributed by atoms with Crippen LogP contribution in [-0.2, 0) is 28.8 Å². The van der Waals surface area contributed by atoms with E-state index in [1.165, 1.54) is 37.3 Å². The van der Waals surface area contributed by atoms with Gasteiger partial charge in [-0.1, -0.05) is 35.0 Å². The zero-order valence-corrected chi connectivity index (χ0v) is 22.2. The predicted octanol–water partition coefficient (Wildman–Crippen LogP) is 4.10. The van der Waals surface area contributed by atoms with Crippen LogP contribution < -0.4 is 5.69 Å². The highest BCUT2D eigenvalue weighted by Crippen LogP contribution is 2.36. The van der Waals surface area contributed by atoms with E-state index in [4.69, 9.17) is 16.3 Å². The van der Waals surface area contributed by atoms with Crippen LogP contribution in [0.3, 0.4) is 0 Å². The van der Waals surface area contributed by atoms with E-state index in [9.17, 15) is 41.0 Å². The Hall–Kier alpha value is -4.18. The molecule has 2 atom stereocenters. The summed E-state index contributed by atoms with van der Waals surface area (Å²) in [6, 6.07) is 8.28. The number of halogens is 7. The molecule has 17 heteroatoms. The van der Waals surface area contributed by atoms with Crippen LogP contribution >= 0.6 is 11.6 Å². The Labute approximate surface area is 237 Å². The van der Waals surface area contributed by atoms with Crippen molar-refractivity contribution in [3.8, 4) is 11.4 Å². The topological polar surface area (TPSA) is 117 Å². The molecule has 2 heterocycles. The van der Waals surface area contributed by atoms with Crippen molar-refractivity contribution in [1.82, 2.24) is 29.3 Å². The van der Waals surface area contributed by atoms with Crippen molar-refractivity contribution in [3.05, 3.63) is 87.1 Å². The largest absolute Gasteiger partial charge is 0.464 e. The molecule has 2 aromatic heterocycles. The second-order valence-corrected chi connectivity index (χ2v) is 9.30. The van der Waals surface area contributed by atoms with E-state index < -0.39 is 60.4 Å². The van der Waals surface area contributed by atoms with Gasteiger partial charge in [-0.3, -0.25) is 4.57 Å². The van der Waals surface area contributed by atoms with Gasteiger partial charge in [0.2, 0.25) is 0 Å². The molecule has 0 aliphatic carbocycles. The summed E-state index contributed by atoms with van der Waals surface area (Å²) in [5.41, 5.74) is -2.49. The van der Waals surface area contributed by atoms with Crippen molar-refractivity contribution >= 4 is 17.6 Å². The molecule has 0 radical (unpaired) electrons. The summed E-state index contributed by atoms with van der Waals surface area (Å²) in [4.78, 5) is 25.9. The normalized spacial score (nSPS) is 13.6. The summed E-state index contributed by atoms with van der Waals surface area (Å²) in [5, 5.41) is 21.6. The van der Waals surface area contributed by atoms with E-state index in [0.717, 1.165) is 33.8 Å². The Balaban J connectivity index is 1.74. The number of rotatable bonds is 9. The number of carbonyl (C=O) groups excluding carboxylic acids is 1. The molecule has 224 valence electrons. The van der Waals surface area contributed by atoms with Gasteiger partial charge in [0.15, 0.2) is 18.0 Å². The predicted molar refractivity (Wildman–Crippen MR) is 134 cm³/mol. The van der Waals surface area contributed by atoms with Crippen LogP contribution in [0.25, 0.3) is 11.4 Å². The van der Waals surface area contributed by atoms with Crippen molar-refractivity contribution in [1.29, 1.82) is 0 Å². The second-order valence-electron chi connectivity index (χ2n) is 8.87. The molecule has 0 saturated carbocycles. The third-order valence-electron chi connectivity index (χ3n) is 5.96. The number of carbonyl (C=O) groups is 1. The second kappa shape index (κ2) is 12.0. The molecule has 0 amide bonds. The first-order valence-corrected chi connectivity index (χ1v) is 12.5. The van der Waals surface area contributed by atoms with Gasteiger partial charge in [-0.25, -0.2) is 19.0 Å². The van der Waals surface area contributed by atoms with Crippen LogP contribution in [-0.4, -0.2) is 59.3 Å². The van der Waals surface area contributed by atoms with Crippen LogP contribution in [0.5, 0.6) is 0 Å². The van der Waals surface area contributed by atoms with Crippen molar-refractivity contribution in [2.45, 2.75) is 44.5 Å². The molecule has 4 rings (SSSR count). The fourth-order valence-corrected chi connectivity index (χ4v) is 4.18. The molecule has 0 aliphatic heterocycles. The first-order chi connectivity index (χ1) is 19.7. The lowest BCUT2D eigenvalue weighted by Crippen LogP contribution is -2.37. The molecule has 1 N–H and O–H groups in total. The number of aliphatic hydroxyl groups is 1. The minimum absolute atomic E-state index is 0.0698. The molecule has 0 spiro atoms. The van der Waals surface area contributed by atoms with E-state index in [-0.39, 0.29) is 23.7 Å². The van der Waals surface area contributed by atoms with Crippen LogP contribution in [0.15, 0.2) is 59.5 Å². The zero-order valence-electron chi connectivity index (χ0n) is 21.5. The maximum atomic E-state index is 13.7. The zero-order chi connectivity index (χ0) is 30.8. The number of hydrogen-bond donors (Lipinski definition) is 1. The number of ether oxygens (including phenoxy) is 1. The Morgan fingerprint density at radius 1 is 1.07 bits per heavy atom. The summed E-state index contributed by atoms with van der Waals surface area (Å²) in [6.45, 7) is -0.347. The monoisotopic (exact) mass is 618 g/mol. The standard InChI is InChI=1S/C25H21ClF6N6O4/c1-2-42-22(40)20(17-5-3-4-6-18(17)24(27,28)29)37-11-16(33-35-37)12-38-23(41)36(13-19(39)25(30,31)32)21(34-38)14-7-9-15(26)10-8-14/h3-11,19-20,39H,2,12-13H2,1H3/t19-,20?/m0/s1. The molecule has 0 aliphatic rings. The lowest BCUT2D eigenvalue weighted by atomic mass is 10.00. The Morgan fingerprint density at radius 2 is 1.74 bits per heavy atom. The van der Waals surface area contributed by atoms with Crippen LogP contribution in [0.1, 0.15) is 29.8 Å². The molecule has 10 nitrogen and oxygen atoms in total. The summed E-state index contributed by atoms with van der Waals surface area (Å²) in [5.74, 6) is -1.28. The van der Waals surface area contributed by atoms with Gasteiger partial charge < -0.3 is 9.84 Å². The van der Waals surface area contributed by atoms with Crippen LogP contribution in [0.2, 0.25) is 5.02 Å². The van der Waals surface area contributed by atoms with E-state index in [0.29, 0.717) is 9.59 Å². The molecule has 42 heavy (non-hydrogen) atoms. The van der Waals surface area contributed by atoms with Gasteiger partial charge in [0.1, 0.15) is 5.69 Å². The molecule has 0 fully saturated rings. The number of esters is 1. The van der Waals surface area contributed by atoms with Gasteiger partial charge in [0, 0.05) is 16.1 Å². The lowest BCUT2D eigenvalue weighted by molar-refractivity contribution is -0.207. The van der Waals surface area contributed by atoms with E-state index in [1.54, 1.807) is 0 Å². The van der Waals surface area contributed by atoms with Gasteiger partial charge in [-0.15, -0.1) is 10.2 Å². The van der Waals surface area contributed by atoms with Crippen LogP contribution in [0, 0.1) is 0 Å². The van der Waals surface area contributed by atoms with Gasteiger partial charge >= 0.3 is 24.0 Å². The maximum Gasteiger partial charge on any atom is 0.416 e. The van der Waals surface area contributed by atoms with Crippen molar-refractivity contribution in [2.24, 2.45) is 0 Å². The summed E-state index contributed by atoms with van der Waals surface area (Å²) < 4.78 is 87.7. The third-order valence-corrected chi connectivity index (χ3v) is 6.22. The fourth-order valence-electron chi connectivity index (χ4n) is 4.06. The first kappa shape index (κ1) is 30.8. The summed E-state index contributed by atoms with van der Waals surface area (Å²) in [7, 11) is 0. The SMILES string of the molecule is CCOC(=O)C(c1ccccc1C(F)(F)F)n1cc(Cn2nc(-c3ccc(Cl)cc3)n(C[C@H](O)C(F)(F)F)c2=O)nn1. The van der Waals surface area contributed by atoms with Crippen molar-refractivity contribution in [3.63, 3.8) is 0 Å². The Morgan fingerprint density at radius 3 is 2.36 bits per heavy atom. The molecule has 0 saturated heterocycles. The van der Waals surface area contributed by atoms with Gasteiger partial charge in [0.05, 0.1) is 31.5 Å². The Bertz CT molecular complexity index is 1610. The minimum atomic E-state index is -5.03. The third kappa shape index (κ3) is 6.65. The van der Waals surface area contributed by atoms with Gasteiger partial charge in [0.25, 0.3) is 0 Å². The molecular weight excluding hydrogens is 598 g/mol. The van der Waals surface area contributed by atoms with Crippen molar-refractivity contribution < 1.29 is 41.0 Å². The molecule has 2 aromatic carbocycles. The fraction of sp³-hybridized carbons (Fsp3) is 0.320. The van der Waals surface area contributed by atoms with Crippen LogP contribution in [0.4, 0.5) is 26.3 Å². The van der Waals surface area contributed by atoms with Gasteiger partial charge in [-0.2, -0.15) is 26.3 Å². The van der Waals surface area contributed by atoms with Gasteiger partial charge in [-0.05, 0) is 37.3 Å². The average molecular weight is 619 g/mol. The Kier molecular flexibility index (Phi) is 8.77. The maximum absolute atomic E-state index is 13.7. The molecule has 0 bridgehead atoms. The van der Waals surface area contributed by atoms with E-state index in [2.05, 4.69) is 15.4 Å². The highest BCUT2D eigenvalue weighted by molar-refractivity contribution is 6.30. The first-order valence-electron chi connectivity index (χ1n) is 12.1. The number of benzene rings is 2.